The smallest absolute Gasteiger partial charge is 0.273 e. The largest absolute Gasteiger partial charge is 0.346 e. The summed E-state index contributed by atoms with van der Waals surface area (Å²) in [5.41, 5.74) is 3.09. The Morgan fingerprint density at radius 2 is 2.04 bits per heavy atom. The number of likely N-dealkylation sites (tertiary alicyclic amines) is 1. The van der Waals surface area contributed by atoms with Gasteiger partial charge < -0.3 is 4.98 Å². The first-order valence-corrected chi connectivity index (χ1v) is 9.59. The van der Waals surface area contributed by atoms with Crippen molar-refractivity contribution in [2.24, 2.45) is 5.92 Å². The maximum absolute atomic E-state index is 12.4. The van der Waals surface area contributed by atoms with E-state index < -0.39 is 0 Å². The van der Waals surface area contributed by atoms with Crippen LogP contribution in [0.15, 0.2) is 53.6 Å². The zero-order valence-electron chi connectivity index (χ0n) is 15.2. The van der Waals surface area contributed by atoms with Crippen LogP contribution >= 0.6 is 0 Å². The van der Waals surface area contributed by atoms with Gasteiger partial charge in [-0.3, -0.25) is 19.5 Å². The van der Waals surface area contributed by atoms with E-state index in [9.17, 15) is 4.79 Å². The average Bonchev–Trinajstić information content (AvgIpc) is 3.27. The summed E-state index contributed by atoms with van der Waals surface area (Å²) in [5, 5.41) is 4.70. The van der Waals surface area contributed by atoms with Crippen LogP contribution in [0.4, 0.5) is 0 Å². The molecule has 0 amide bonds. The van der Waals surface area contributed by atoms with Crippen LogP contribution in [0.5, 0.6) is 0 Å². The molecule has 1 saturated heterocycles. The normalized spacial score (nSPS) is 18.4. The molecule has 138 valence electrons. The highest BCUT2D eigenvalue weighted by atomic mass is 16.1. The van der Waals surface area contributed by atoms with Crippen LogP contribution < -0.4 is 5.56 Å². The van der Waals surface area contributed by atoms with Crippen LogP contribution in [0.1, 0.15) is 18.4 Å². The van der Waals surface area contributed by atoms with Gasteiger partial charge >= 0.3 is 0 Å². The molecule has 0 radical (unpaired) electrons. The molecule has 1 fully saturated rings. The summed E-state index contributed by atoms with van der Waals surface area (Å²) >= 11 is 0. The number of nitrogens with zero attached hydrogens (tertiary/aromatic N) is 3. The minimum Gasteiger partial charge on any atom is -0.346 e. The van der Waals surface area contributed by atoms with Gasteiger partial charge in [-0.15, -0.1) is 0 Å². The monoisotopic (exact) mass is 361 g/mol. The van der Waals surface area contributed by atoms with Crippen molar-refractivity contribution in [1.29, 1.82) is 0 Å². The molecular weight excluding hydrogens is 338 g/mol. The second-order valence-corrected chi connectivity index (χ2v) is 7.54. The summed E-state index contributed by atoms with van der Waals surface area (Å²) in [6.07, 6.45) is 5.93. The molecule has 4 aromatic rings. The Balaban J connectivity index is 1.40. The van der Waals surface area contributed by atoms with Crippen molar-refractivity contribution < 1.29 is 0 Å². The van der Waals surface area contributed by atoms with Crippen molar-refractivity contribution in [2.45, 2.75) is 25.9 Å². The van der Waals surface area contributed by atoms with E-state index in [0.717, 1.165) is 42.7 Å². The number of aromatic amines is 2. The first-order chi connectivity index (χ1) is 13.3. The van der Waals surface area contributed by atoms with E-state index in [1.807, 2.05) is 16.9 Å². The number of hydrogen-bond donors (Lipinski definition) is 2. The van der Waals surface area contributed by atoms with E-state index in [1.54, 1.807) is 6.20 Å². The summed E-state index contributed by atoms with van der Waals surface area (Å²) in [6, 6.07) is 12.6. The summed E-state index contributed by atoms with van der Waals surface area (Å²) in [6.45, 7) is 4.01. The second kappa shape index (κ2) is 6.70. The van der Waals surface area contributed by atoms with Crippen LogP contribution in [-0.2, 0) is 13.1 Å². The highest BCUT2D eigenvalue weighted by Crippen LogP contribution is 2.24. The van der Waals surface area contributed by atoms with Crippen molar-refractivity contribution in [3.8, 4) is 0 Å². The number of fused-ring (bicyclic) bond motifs is 3. The van der Waals surface area contributed by atoms with Crippen LogP contribution in [0, 0.1) is 5.92 Å². The molecule has 2 N–H and O–H groups in total. The van der Waals surface area contributed by atoms with E-state index in [1.165, 1.54) is 18.4 Å². The van der Waals surface area contributed by atoms with E-state index >= 15 is 0 Å². The maximum Gasteiger partial charge on any atom is 0.273 e. The van der Waals surface area contributed by atoms with Crippen LogP contribution in [0.25, 0.3) is 21.9 Å². The fourth-order valence-electron chi connectivity index (χ4n) is 4.37. The molecule has 6 heteroatoms. The number of piperidine rings is 1. The van der Waals surface area contributed by atoms with Gasteiger partial charge in [-0.25, -0.2) is 4.98 Å². The van der Waals surface area contributed by atoms with Gasteiger partial charge in [0.05, 0.1) is 10.9 Å². The molecule has 0 bridgehead atoms. The number of pyridine rings is 1. The van der Waals surface area contributed by atoms with E-state index in [0.29, 0.717) is 11.3 Å². The van der Waals surface area contributed by atoms with Crippen molar-refractivity contribution in [3.63, 3.8) is 0 Å². The SMILES string of the molecule is O=c1[nH]n(CC2CCCN(Cc3ccccc3)C2)c2c1cnc1[nH]ccc12. The molecular formula is C21H23N5O. The van der Waals surface area contributed by atoms with Crippen molar-refractivity contribution in [2.75, 3.05) is 13.1 Å². The number of hydrogen-bond acceptors (Lipinski definition) is 3. The highest BCUT2D eigenvalue weighted by Gasteiger charge is 2.22. The van der Waals surface area contributed by atoms with Gasteiger partial charge in [0, 0.05) is 37.4 Å². The molecule has 1 aromatic carbocycles. The molecule has 1 aliphatic rings. The lowest BCUT2D eigenvalue weighted by Gasteiger charge is -2.33. The minimum absolute atomic E-state index is 0.0578. The quantitative estimate of drug-likeness (QED) is 0.587. The fraction of sp³-hybridized carbons (Fsp3) is 0.333. The van der Waals surface area contributed by atoms with Crippen LogP contribution in [0.3, 0.4) is 0 Å². The Bertz CT molecular complexity index is 1120. The first-order valence-electron chi connectivity index (χ1n) is 9.59. The van der Waals surface area contributed by atoms with Crippen molar-refractivity contribution in [1.82, 2.24) is 24.6 Å². The number of aromatic nitrogens is 4. The molecule has 0 spiro atoms. The Morgan fingerprint density at radius 1 is 1.15 bits per heavy atom. The Hall–Kier alpha value is -2.86. The predicted octanol–water partition coefficient (Wildman–Crippen LogP) is 3.12. The first kappa shape index (κ1) is 16.3. The predicted molar refractivity (Wildman–Crippen MR) is 107 cm³/mol. The van der Waals surface area contributed by atoms with Gasteiger partial charge in [-0.05, 0) is 36.9 Å². The zero-order chi connectivity index (χ0) is 18.2. The summed E-state index contributed by atoms with van der Waals surface area (Å²) < 4.78 is 2.03. The lowest BCUT2D eigenvalue weighted by atomic mass is 9.97. The Morgan fingerprint density at radius 3 is 2.93 bits per heavy atom. The molecule has 27 heavy (non-hydrogen) atoms. The van der Waals surface area contributed by atoms with E-state index in [2.05, 4.69) is 50.3 Å². The molecule has 5 rings (SSSR count). The second-order valence-electron chi connectivity index (χ2n) is 7.54. The number of nitrogens with one attached hydrogen (secondary N) is 2. The summed E-state index contributed by atoms with van der Waals surface area (Å²) in [5.74, 6) is 0.524. The van der Waals surface area contributed by atoms with E-state index in [4.69, 9.17) is 0 Å². The molecule has 0 aliphatic carbocycles. The van der Waals surface area contributed by atoms with Crippen LogP contribution in [-0.4, -0.2) is 37.7 Å². The summed E-state index contributed by atoms with van der Waals surface area (Å²) in [7, 11) is 0. The van der Waals surface area contributed by atoms with E-state index in [-0.39, 0.29) is 5.56 Å². The molecule has 3 aromatic heterocycles. The van der Waals surface area contributed by atoms with Crippen molar-refractivity contribution >= 4 is 21.9 Å². The minimum atomic E-state index is -0.0578. The van der Waals surface area contributed by atoms with Gasteiger partial charge in [-0.2, -0.15) is 0 Å². The van der Waals surface area contributed by atoms with Gasteiger partial charge in [0.15, 0.2) is 0 Å². The lowest BCUT2D eigenvalue weighted by molar-refractivity contribution is 0.154. The van der Waals surface area contributed by atoms with Crippen LogP contribution in [0.2, 0.25) is 0 Å². The van der Waals surface area contributed by atoms with Gasteiger partial charge in [-0.1, -0.05) is 30.3 Å². The van der Waals surface area contributed by atoms with Gasteiger partial charge in [0.1, 0.15) is 5.65 Å². The van der Waals surface area contributed by atoms with Gasteiger partial charge in [0.2, 0.25) is 0 Å². The maximum atomic E-state index is 12.4. The third kappa shape index (κ3) is 3.06. The topological polar surface area (TPSA) is 69.7 Å². The lowest BCUT2D eigenvalue weighted by Crippen LogP contribution is -2.36. The Kier molecular flexibility index (Phi) is 4.05. The highest BCUT2D eigenvalue weighted by molar-refractivity contribution is 6.01. The Labute approximate surface area is 156 Å². The molecule has 6 nitrogen and oxygen atoms in total. The third-order valence-electron chi connectivity index (χ3n) is 5.60. The molecule has 1 unspecified atom stereocenters. The molecule has 1 aliphatic heterocycles. The number of rotatable bonds is 4. The summed E-state index contributed by atoms with van der Waals surface area (Å²) in [4.78, 5) is 22.4. The third-order valence-corrected chi connectivity index (χ3v) is 5.60. The molecule has 0 saturated carbocycles. The zero-order valence-corrected chi connectivity index (χ0v) is 15.2. The average molecular weight is 361 g/mol. The van der Waals surface area contributed by atoms with Crippen molar-refractivity contribution in [3.05, 3.63) is 64.7 Å². The fourth-order valence-corrected chi connectivity index (χ4v) is 4.37. The standard InChI is InChI=1S/C21H23N5O/c27-21-18-11-23-20-17(8-9-22-20)19(18)26(24-21)14-16-7-4-10-25(13-16)12-15-5-2-1-3-6-15/h1-3,5-6,8-9,11,16H,4,7,10,12-14H2,(H,22,23)(H,24,27). The number of benzene rings is 1. The molecule has 4 heterocycles. The molecule has 1 atom stereocenters. The van der Waals surface area contributed by atoms with Gasteiger partial charge in [0.25, 0.3) is 5.56 Å². The number of H-pyrrole nitrogens is 2.